The average molecular weight is 452 g/mol. The number of ether oxygens (including phenoxy) is 3. The number of amides is 1. The van der Waals surface area contributed by atoms with Crippen LogP contribution in [0.4, 0.5) is 14.5 Å². The Morgan fingerprint density at radius 2 is 1.81 bits per heavy atom. The minimum absolute atomic E-state index is 0.0470. The van der Waals surface area contributed by atoms with Gasteiger partial charge in [0.1, 0.15) is 0 Å². The Hall–Kier alpha value is -3.76. The van der Waals surface area contributed by atoms with Crippen molar-refractivity contribution in [3.8, 4) is 11.5 Å². The van der Waals surface area contributed by atoms with E-state index in [1.165, 1.54) is 49.6 Å². The SMILES string of the molecule is COc1cccc(C(=O)NC(CC(=O)OC(C)C)c2ccccc2[N+](=O)[O-])c1OC(F)F. The lowest BCUT2D eigenvalue weighted by molar-refractivity contribution is -0.385. The number of alkyl halides is 2. The van der Waals surface area contributed by atoms with E-state index in [4.69, 9.17) is 9.47 Å². The van der Waals surface area contributed by atoms with Gasteiger partial charge in [-0.2, -0.15) is 8.78 Å². The molecule has 0 bridgehead atoms. The fraction of sp³-hybridized carbons (Fsp3) is 0.333. The topological polar surface area (TPSA) is 117 Å². The van der Waals surface area contributed by atoms with Crippen molar-refractivity contribution in [2.75, 3.05) is 7.11 Å². The first-order valence-electron chi connectivity index (χ1n) is 9.49. The van der Waals surface area contributed by atoms with E-state index in [9.17, 15) is 28.5 Å². The average Bonchev–Trinajstić information content (AvgIpc) is 2.72. The van der Waals surface area contributed by atoms with Crippen LogP contribution < -0.4 is 14.8 Å². The van der Waals surface area contributed by atoms with Gasteiger partial charge in [0.2, 0.25) is 0 Å². The first-order chi connectivity index (χ1) is 15.1. The molecule has 0 heterocycles. The van der Waals surface area contributed by atoms with Gasteiger partial charge in [0.25, 0.3) is 11.6 Å². The molecule has 0 aliphatic carbocycles. The van der Waals surface area contributed by atoms with Gasteiger partial charge in [-0.3, -0.25) is 19.7 Å². The number of nitrogens with zero attached hydrogens (tertiary/aromatic N) is 1. The predicted octanol–water partition coefficient (Wildman–Crippen LogP) is 4.02. The Bertz CT molecular complexity index is 982. The third-order valence-electron chi connectivity index (χ3n) is 4.20. The number of benzene rings is 2. The summed E-state index contributed by atoms with van der Waals surface area (Å²) < 4.78 is 40.3. The number of esters is 1. The van der Waals surface area contributed by atoms with Crippen LogP contribution in [0.1, 0.15) is 42.2 Å². The van der Waals surface area contributed by atoms with Gasteiger partial charge in [0.15, 0.2) is 11.5 Å². The molecule has 11 heteroatoms. The van der Waals surface area contributed by atoms with Crippen LogP contribution >= 0.6 is 0 Å². The number of halogens is 2. The van der Waals surface area contributed by atoms with Crippen LogP contribution in [0.2, 0.25) is 0 Å². The molecule has 9 nitrogen and oxygen atoms in total. The van der Waals surface area contributed by atoms with E-state index in [0.717, 1.165) is 0 Å². The van der Waals surface area contributed by atoms with Crippen molar-refractivity contribution >= 4 is 17.6 Å². The van der Waals surface area contributed by atoms with Crippen molar-refractivity contribution in [3.63, 3.8) is 0 Å². The maximum atomic E-state index is 13.0. The highest BCUT2D eigenvalue weighted by atomic mass is 19.3. The Balaban J connectivity index is 2.45. The molecule has 0 radical (unpaired) electrons. The molecule has 1 unspecified atom stereocenters. The summed E-state index contributed by atoms with van der Waals surface area (Å²) in [5.74, 6) is -2.23. The Morgan fingerprint density at radius 1 is 1.12 bits per heavy atom. The van der Waals surface area contributed by atoms with E-state index in [2.05, 4.69) is 10.1 Å². The minimum Gasteiger partial charge on any atom is -0.493 e. The maximum absolute atomic E-state index is 13.0. The molecule has 0 fully saturated rings. The molecular weight excluding hydrogens is 430 g/mol. The second kappa shape index (κ2) is 11.0. The Morgan fingerprint density at radius 3 is 2.41 bits per heavy atom. The molecule has 0 saturated carbocycles. The van der Waals surface area contributed by atoms with Crippen LogP contribution in [-0.4, -0.2) is 36.6 Å². The monoisotopic (exact) mass is 452 g/mol. The minimum atomic E-state index is -3.23. The van der Waals surface area contributed by atoms with Gasteiger partial charge < -0.3 is 19.5 Å². The molecule has 0 spiro atoms. The summed E-state index contributed by atoms with van der Waals surface area (Å²) in [7, 11) is 1.22. The zero-order chi connectivity index (χ0) is 23.8. The van der Waals surface area contributed by atoms with Gasteiger partial charge >= 0.3 is 12.6 Å². The van der Waals surface area contributed by atoms with Crippen LogP contribution in [0.5, 0.6) is 11.5 Å². The molecule has 0 aliphatic heterocycles. The fourth-order valence-corrected chi connectivity index (χ4v) is 2.97. The lowest BCUT2D eigenvalue weighted by Crippen LogP contribution is -2.32. The number of carbonyl (C=O) groups excluding carboxylic acids is 2. The van der Waals surface area contributed by atoms with Gasteiger partial charge in [0, 0.05) is 6.07 Å². The summed E-state index contributed by atoms with van der Waals surface area (Å²) in [6, 6.07) is 8.30. The zero-order valence-corrected chi connectivity index (χ0v) is 17.5. The number of nitrogens with one attached hydrogen (secondary N) is 1. The molecule has 1 atom stereocenters. The first kappa shape index (κ1) is 24.5. The smallest absolute Gasteiger partial charge is 0.387 e. The highest BCUT2D eigenvalue weighted by Gasteiger charge is 2.29. The van der Waals surface area contributed by atoms with Crippen LogP contribution in [0.3, 0.4) is 0 Å². The second-order valence-corrected chi connectivity index (χ2v) is 6.80. The molecule has 0 saturated heterocycles. The summed E-state index contributed by atoms with van der Waals surface area (Å²) in [4.78, 5) is 36.0. The number of hydrogen-bond acceptors (Lipinski definition) is 7. The van der Waals surface area contributed by atoms with Crippen LogP contribution in [0, 0.1) is 10.1 Å². The highest BCUT2D eigenvalue weighted by molar-refractivity contribution is 5.98. The van der Waals surface area contributed by atoms with E-state index < -0.39 is 47.7 Å². The van der Waals surface area contributed by atoms with Crippen molar-refractivity contribution in [2.24, 2.45) is 0 Å². The van der Waals surface area contributed by atoms with Gasteiger partial charge in [-0.1, -0.05) is 24.3 Å². The van der Waals surface area contributed by atoms with E-state index in [1.807, 2.05) is 0 Å². The lowest BCUT2D eigenvalue weighted by atomic mass is 10.0. The van der Waals surface area contributed by atoms with Gasteiger partial charge in [-0.25, -0.2) is 0 Å². The summed E-state index contributed by atoms with van der Waals surface area (Å²) in [6.45, 7) is 0.0197. The van der Waals surface area contributed by atoms with Crippen LogP contribution in [0.25, 0.3) is 0 Å². The number of carbonyl (C=O) groups is 2. The number of para-hydroxylation sites is 2. The standard InChI is InChI=1S/C21H22F2N2O7/c1-12(2)31-18(26)11-15(13-7-4-5-9-16(13)25(28)29)24-20(27)14-8-6-10-17(30-3)19(14)32-21(22)23/h4-10,12,15,21H,11H2,1-3H3,(H,24,27). The predicted molar refractivity (Wildman–Crippen MR) is 109 cm³/mol. The number of nitro groups is 1. The van der Waals surface area contributed by atoms with E-state index in [1.54, 1.807) is 13.8 Å². The van der Waals surface area contributed by atoms with Gasteiger partial charge in [-0.05, 0) is 26.0 Å². The molecule has 0 aromatic heterocycles. The van der Waals surface area contributed by atoms with E-state index >= 15 is 0 Å². The molecule has 2 aromatic rings. The highest BCUT2D eigenvalue weighted by Crippen LogP contribution is 2.34. The fourth-order valence-electron chi connectivity index (χ4n) is 2.97. The third-order valence-corrected chi connectivity index (χ3v) is 4.20. The molecule has 2 aromatic carbocycles. The number of hydrogen-bond donors (Lipinski definition) is 1. The van der Waals surface area contributed by atoms with Crippen molar-refractivity contribution < 1.29 is 37.5 Å². The van der Waals surface area contributed by atoms with Crippen LogP contribution in [-0.2, 0) is 9.53 Å². The Labute approximate surface area is 182 Å². The van der Waals surface area contributed by atoms with Gasteiger partial charge in [-0.15, -0.1) is 0 Å². The second-order valence-electron chi connectivity index (χ2n) is 6.80. The summed E-state index contributed by atoms with van der Waals surface area (Å²) >= 11 is 0. The number of nitro benzene ring substituents is 1. The summed E-state index contributed by atoms with van der Waals surface area (Å²) in [5.41, 5.74) is -0.582. The molecule has 0 aliphatic rings. The molecule has 1 amide bonds. The summed E-state index contributed by atoms with van der Waals surface area (Å²) in [5, 5.41) is 14.0. The zero-order valence-electron chi connectivity index (χ0n) is 17.5. The van der Waals surface area contributed by atoms with Gasteiger partial charge in [0.05, 0.1) is 41.7 Å². The Kier molecular flexibility index (Phi) is 8.45. The van der Waals surface area contributed by atoms with E-state index in [0.29, 0.717) is 0 Å². The quantitative estimate of drug-likeness (QED) is 0.329. The molecule has 2 rings (SSSR count). The normalized spacial score (nSPS) is 11.7. The molecule has 1 N–H and O–H groups in total. The van der Waals surface area contributed by atoms with Crippen molar-refractivity contribution in [1.82, 2.24) is 5.32 Å². The third kappa shape index (κ3) is 6.37. The van der Waals surface area contributed by atoms with Crippen LogP contribution in [0.15, 0.2) is 42.5 Å². The van der Waals surface area contributed by atoms with Crippen molar-refractivity contribution in [3.05, 3.63) is 63.7 Å². The number of methoxy groups -OCH3 is 1. The van der Waals surface area contributed by atoms with Crippen molar-refractivity contribution in [2.45, 2.75) is 39.0 Å². The molecular formula is C21H22F2N2O7. The van der Waals surface area contributed by atoms with E-state index in [-0.39, 0.29) is 22.6 Å². The lowest BCUT2D eigenvalue weighted by Gasteiger charge is -2.21. The molecule has 172 valence electrons. The first-order valence-corrected chi connectivity index (χ1v) is 9.49. The largest absolute Gasteiger partial charge is 0.493 e. The number of rotatable bonds is 10. The maximum Gasteiger partial charge on any atom is 0.387 e. The summed E-state index contributed by atoms with van der Waals surface area (Å²) in [6.07, 6.45) is -0.877. The van der Waals surface area contributed by atoms with Crippen molar-refractivity contribution in [1.29, 1.82) is 0 Å². The molecule has 32 heavy (non-hydrogen) atoms.